The first-order chi connectivity index (χ1) is 8.20. The fourth-order valence-corrected chi connectivity index (χ4v) is 1.82. The Morgan fingerprint density at radius 3 is 2.76 bits per heavy atom. The first-order valence-electron chi connectivity index (χ1n) is 4.64. The Hall–Kier alpha value is -1.83. The number of nitrogens with zero attached hydrogens (tertiary/aromatic N) is 3. The summed E-state index contributed by atoms with van der Waals surface area (Å²) in [5.41, 5.74) is 1.36. The maximum Gasteiger partial charge on any atom is 0.236 e. The molecule has 0 aliphatic rings. The van der Waals surface area contributed by atoms with E-state index in [9.17, 15) is 0 Å². The normalized spacial score (nSPS) is 9.71. The van der Waals surface area contributed by atoms with E-state index in [1.165, 1.54) is 0 Å². The van der Waals surface area contributed by atoms with E-state index in [4.69, 9.17) is 28.5 Å². The predicted molar refractivity (Wildman–Crippen MR) is 66.7 cm³/mol. The minimum Gasteiger partial charge on any atom is -0.261 e. The van der Waals surface area contributed by atoms with Crippen LogP contribution in [-0.2, 0) is 0 Å². The number of nitrogens with one attached hydrogen (secondary N) is 1. The molecule has 0 atom stereocenters. The third-order valence-electron chi connectivity index (χ3n) is 2.03. The van der Waals surface area contributed by atoms with Crippen molar-refractivity contribution in [3.05, 3.63) is 40.5 Å². The van der Waals surface area contributed by atoms with Crippen molar-refractivity contribution in [1.82, 2.24) is 9.97 Å². The Kier molecular flexibility index (Phi) is 3.43. The van der Waals surface area contributed by atoms with Gasteiger partial charge < -0.3 is 0 Å². The summed E-state index contributed by atoms with van der Waals surface area (Å²) in [6.45, 7) is 0. The standard InChI is InChI=1S/C11H6Cl2N4/c12-7-1-2-8(9(13)5-7)10-3-4-15-11(17-10)16-6-14/h1-5H,(H,15,16,17). The summed E-state index contributed by atoms with van der Waals surface area (Å²) < 4.78 is 0. The lowest BCUT2D eigenvalue weighted by molar-refractivity contribution is 1.17. The van der Waals surface area contributed by atoms with Gasteiger partial charge in [-0.15, -0.1) is 0 Å². The van der Waals surface area contributed by atoms with Gasteiger partial charge in [0.2, 0.25) is 5.95 Å². The summed E-state index contributed by atoms with van der Waals surface area (Å²) in [7, 11) is 0. The van der Waals surface area contributed by atoms with Crippen LogP contribution < -0.4 is 5.32 Å². The molecular weight excluding hydrogens is 259 g/mol. The molecule has 0 spiro atoms. The minimum absolute atomic E-state index is 0.232. The first-order valence-corrected chi connectivity index (χ1v) is 5.40. The van der Waals surface area contributed by atoms with Gasteiger partial charge in [0.1, 0.15) is 0 Å². The summed E-state index contributed by atoms with van der Waals surface area (Å²) in [4.78, 5) is 8.04. The van der Waals surface area contributed by atoms with Crippen LogP contribution in [0.2, 0.25) is 10.0 Å². The van der Waals surface area contributed by atoms with E-state index >= 15 is 0 Å². The summed E-state index contributed by atoms with van der Waals surface area (Å²) in [5.74, 6) is 0.232. The molecular formula is C11H6Cl2N4. The van der Waals surface area contributed by atoms with Gasteiger partial charge in [-0.2, -0.15) is 5.26 Å². The molecule has 1 aromatic heterocycles. The van der Waals surface area contributed by atoms with Gasteiger partial charge in [-0.1, -0.05) is 23.2 Å². The first kappa shape index (κ1) is 11.6. The van der Waals surface area contributed by atoms with Crippen molar-refractivity contribution >= 4 is 29.2 Å². The molecule has 0 fully saturated rings. The molecule has 4 nitrogen and oxygen atoms in total. The molecule has 2 rings (SSSR count). The van der Waals surface area contributed by atoms with Crippen LogP contribution in [0.25, 0.3) is 11.3 Å². The Bertz CT molecular complexity index is 592. The molecule has 17 heavy (non-hydrogen) atoms. The van der Waals surface area contributed by atoms with Gasteiger partial charge in [-0.3, -0.25) is 5.32 Å². The highest BCUT2D eigenvalue weighted by Gasteiger charge is 2.06. The molecule has 0 saturated carbocycles. The topological polar surface area (TPSA) is 61.6 Å². The molecule has 1 heterocycles. The number of rotatable bonds is 2. The van der Waals surface area contributed by atoms with E-state index in [2.05, 4.69) is 15.3 Å². The second kappa shape index (κ2) is 5.00. The van der Waals surface area contributed by atoms with Crippen LogP contribution in [0.5, 0.6) is 0 Å². The van der Waals surface area contributed by atoms with Crippen molar-refractivity contribution in [1.29, 1.82) is 5.26 Å². The van der Waals surface area contributed by atoms with Crippen LogP contribution in [0.1, 0.15) is 0 Å². The number of benzene rings is 1. The second-order valence-electron chi connectivity index (χ2n) is 3.13. The number of hydrogen-bond acceptors (Lipinski definition) is 4. The Morgan fingerprint density at radius 2 is 2.06 bits per heavy atom. The van der Waals surface area contributed by atoms with Gasteiger partial charge in [0.05, 0.1) is 10.7 Å². The Labute approximate surface area is 108 Å². The van der Waals surface area contributed by atoms with Crippen molar-refractivity contribution in [2.45, 2.75) is 0 Å². The number of anilines is 1. The average molecular weight is 265 g/mol. The van der Waals surface area contributed by atoms with Gasteiger partial charge in [0.25, 0.3) is 0 Å². The highest BCUT2D eigenvalue weighted by molar-refractivity contribution is 6.36. The summed E-state index contributed by atoms with van der Waals surface area (Å²) in [5, 5.41) is 11.9. The molecule has 1 aromatic carbocycles. The molecule has 0 saturated heterocycles. The van der Waals surface area contributed by atoms with Crippen LogP contribution >= 0.6 is 23.2 Å². The summed E-state index contributed by atoms with van der Waals surface area (Å²) in [6.07, 6.45) is 3.31. The minimum atomic E-state index is 0.232. The summed E-state index contributed by atoms with van der Waals surface area (Å²) in [6, 6.07) is 6.83. The van der Waals surface area contributed by atoms with Gasteiger partial charge in [0, 0.05) is 16.8 Å². The Balaban J connectivity index is 2.46. The number of hydrogen-bond donors (Lipinski definition) is 1. The van der Waals surface area contributed by atoms with Gasteiger partial charge >= 0.3 is 0 Å². The van der Waals surface area contributed by atoms with Crippen LogP contribution in [0, 0.1) is 11.5 Å². The molecule has 0 radical (unpaired) electrons. The maximum absolute atomic E-state index is 8.49. The molecule has 0 bridgehead atoms. The number of aromatic nitrogens is 2. The van der Waals surface area contributed by atoms with Gasteiger partial charge in [-0.25, -0.2) is 9.97 Å². The smallest absolute Gasteiger partial charge is 0.236 e. The Morgan fingerprint density at radius 1 is 1.24 bits per heavy atom. The second-order valence-corrected chi connectivity index (χ2v) is 3.97. The third-order valence-corrected chi connectivity index (χ3v) is 2.58. The zero-order valence-electron chi connectivity index (χ0n) is 8.48. The molecule has 2 aromatic rings. The lowest BCUT2D eigenvalue weighted by Crippen LogP contribution is -1.96. The molecule has 0 aliphatic heterocycles. The number of nitriles is 1. The quantitative estimate of drug-likeness (QED) is 0.668. The monoisotopic (exact) mass is 264 g/mol. The SMILES string of the molecule is N#CNc1nccc(-c2ccc(Cl)cc2Cl)n1. The van der Waals surface area contributed by atoms with Crippen molar-refractivity contribution in [2.24, 2.45) is 0 Å². The van der Waals surface area contributed by atoms with E-state index in [1.807, 2.05) is 0 Å². The van der Waals surface area contributed by atoms with Crippen LogP contribution in [0.3, 0.4) is 0 Å². The molecule has 0 aliphatic carbocycles. The highest BCUT2D eigenvalue weighted by Crippen LogP contribution is 2.29. The fraction of sp³-hybridized carbons (Fsp3) is 0. The van der Waals surface area contributed by atoms with E-state index < -0.39 is 0 Å². The van der Waals surface area contributed by atoms with Gasteiger partial charge in [-0.05, 0) is 24.3 Å². The van der Waals surface area contributed by atoms with Crippen LogP contribution in [0.4, 0.5) is 5.95 Å². The van der Waals surface area contributed by atoms with Crippen molar-refractivity contribution in [3.8, 4) is 17.5 Å². The average Bonchev–Trinajstić information content (AvgIpc) is 2.29. The van der Waals surface area contributed by atoms with Crippen LogP contribution in [0.15, 0.2) is 30.5 Å². The molecule has 1 N–H and O–H groups in total. The maximum atomic E-state index is 8.49. The largest absolute Gasteiger partial charge is 0.261 e. The lowest BCUT2D eigenvalue weighted by Gasteiger charge is -2.04. The van der Waals surface area contributed by atoms with Gasteiger partial charge in [0.15, 0.2) is 6.19 Å². The van der Waals surface area contributed by atoms with Crippen molar-refractivity contribution in [3.63, 3.8) is 0 Å². The molecule has 0 amide bonds. The van der Waals surface area contributed by atoms with E-state index in [-0.39, 0.29) is 5.95 Å². The highest BCUT2D eigenvalue weighted by atomic mass is 35.5. The predicted octanol–water partition coefficient (Wildman–Crippen LogP) is 3.34. The molecule has 0 unspecified atom stereocenters. The molecule has 6 heteroatoms. The van der Waals surface area contributed by atoms with Crippen molar-refractivity contribution < 1.29 is 0 Å². The fourth-order valence-electron chi connectivity index (χ4n) is 1.32. The summed E-state index contributed by atoms with van der Waals surface area (Å²) >= 11 is 11.9. The number of halogens is 2. The zero-order valence-corrected chi connectivity index (χ0v) is 10.00. The van der Waals surface area contributed by atoms with Crippen LogP contribution in [-0.4, -0.2) is 9.97 Å². The van der Waals surface area contributed by atoms with E-state index in [1.54, 1.807) is 36.7 Å². The zero-order chi connectivity index (χ0) is 12.3. The van der Waals surface area contributed by atoms with Crippen molar-refractivity contribution in [2.75, 3.05) is 5.32 Å². The van der Waals surface area contributed by atoms with E-state index in [0.717, 1.165) is 5.56 Å². The lowest BCUT2D eigenvalue weighted by atomic mass is 10.1. The van der Waals surface area contributed by atoms with E-state index in [0.29, 0.717) is 15.7 Å². The molecule has 84 valence electrons. The third kappa shape index (κ3) is 2.64.